The second-order valence-electron chi connectivity index (χ2n) is 4.19. The molecule has 0 bridgehead atoms. The van der Waals surface area contributed by atoms with Crippen molar-refractivity contribution in [2.75, 3.05) is 7.11 Å². The number of benzene rings is 2. The highest BCUT2D eigenvalue weighted by Crippen LogP contribution is 2.40. The van der Waals surface area contributed by atoms with Crippen LogP contribution in [0.1, 0.15) is 0 Å². The quantitative estimate of drug-likeness (QED) is 0.604. The average Bonchev–Trinajstić information content (AvgIpc) is 2.46. The Morgan fingerprint density at radius 3 is 2.09 bits per heavy atom. The number of ether oxygens (including phenoxy) is 1. The number of hydrogen-bond acceptors (Lipinski definition) is 4. The third-order valence-corrected chi connectivity index (χ3v) is 3.72. The topological polar surface area (TPSA) is 52.6 Å². The number of alkyl halides is 3. The molecule has 0 spiro atoms. The van der Waals surface area contributed by atoms with E-state index in [1.54, 1.807) is 36.4 Å². The lowest BCUT2D eigenvalue weighted by atomic mass is 10.0. The molecule has 2 aromatic rings. The van der Waals surface area contributed by atoms with Crippen LogP contribution in [0.15, 0.2) is 48.5 Å². The molecule has 0 aliphatic carbocycles. The predicted octanol–water partition coefficient (Wildman–Crippen LogP) is 4.01. The molecule has 0 radical (unpaired) electrons. The first-order valence-corrected chi connectivity index (χ1v) is 7.40. The number of methoxy groups -OCH3 is 1. The Bertz CT molecular complexity index is 761. The third-order valence-electron chi connectivity index (χ3n) is 2.75. The summed E-state index contributed by atoms with van der Waals surface area (Å²) in [5, 5.41) is 0. The standard InChI is InChI=1S/C14H11F3O4S.ClH/c1-20-13-11(10-6-3-2-4-7-10)8-5-9-12(13)21-22(18,19)14(15,16)17;/h2-9H,1H3;1H. The van der Waals surface area contributed by atoms with Gasteiger partial charge in [-0.15, -0.1) is 12.4 Å². The monoisotopic (exact) mass is 368 g/mol. The summed E-state index contributed by atoms with van der Waals surface area (Å²) < 4.78 is 68.7. The Kier molecular flexibility index (Phi) is 5.90. The van der Waals surface area contributed by atoms with Gasteiger partial charge in [-0.2, -0.15) is 21.6 Å². The van der Waals surface area contributed by atoms with Gasteiger partial charge in [-0.25, -0.2) is 0 Å². The summed E-state index contributed by atoms with van der Waals surface area (Å²) in [7, 11) is -4.55. The maximum absolute atomic E-state index is 12.4. The molecular weight excluding hydrogens is 357 g/mol. The van der Waals surface area contributed by atoms with E-state index >= 15 is 0 Å². The number of para-hydroxylation sites is 1. The Balaban J connectivity index is 0.00000264. The Hall–Kier alpha value is -1.93. The molecule has 0 N–H and O–H groups in total. The lowest BCUT2D eigenvalue weighted by Crippen LogP contribution is -2.28. The second-order valence-corrected chi connectivity index (χ2v) is 5.72. The van der Waals surface area contributed by atoms with E-state index in [1.807, 2.05) is 0 Å². The average molecular weight is 369 g/mol. The van der Waals surface area contributed by atoms with E-state index in [1.165, 1.54) is 13.2 Å². The van der Waals surface area contributed by atoms with Crippen molar-refractivity contribution < 1.29 is 30.5 Å². The van der Waals surface area contributed by atoms with Crippen molar-refractivity contribution in [1.82, 2.24) is 0 Å². The van der Waals surface area contributed by atoms with Crippen molar-refractivity contribution in [2.45, 2.75) is 5.51 Å². The van der Waals surface area contributed by atoms with Crippen LogP contribution in [0.25, 0.3) is 11.1 Å². The van der Waals surface area contributed by atoms with Crippen LogP contribution >= 0.6 is 12.4 Å². The second kappa shape index (κ2) is 7.10. The summed E-state index contributed by atoms with van der Waals surface area (Å²) in [6, 6.07) is 12.7. The predicted molar refractivity (Wildman–Crippen MR) is 81.3 cm³/mol. The number of hydrogen-bond donors (Lipinski definition) is 0. The fraction of sp³-hybridized carbons (Fsp3) is 0.143. The molecule has 0 saturated heterocycles. The van der Waals surface area contributed by atoms with Crippen LogP contribution < -0.4 is 8.92 Å². The highest BCUT2D eigenvalue weighted by atomic mass is 35.5. The zero-order valence-corrected chi connectivity index (χ0v) is 13.3. The molecule has 0 heterocycles. The highest BCUT2D eigenvalue weighted by molar-refractivity contribution is 7.88. The third kappa shape index (κ3) is 4.08. The maximum Gasteiger partial charge on any atom is 0.534 e. The molecule has 0 fully saturated rings. The van der Waals surface area contributed by atoms with Crippen LogP contribution in [0, 0.1) is 0 Å². The van der Waals surface area contributed by atoms with E-state index in [-0.39, 0.29) is 18.2 Å². The molecule has 0 aromatic heterocycles. The Morgan fingerprint density at radius 1 is 0.957 bits per heavy atom. The van der Waals surface area contributed by atoms with Gasteiger partial charge in [0.15, 0.2) is 11.5 Å². The summed E-state index contributed by atoms with van der Waals surface area (Å²) in [6.07, 6.45) is 0. The van der Waals surface area contributed by atoms with Gasteiger partial charge in [-0.3, -0.25) is 0 Å². The van der Waals surface area contributed by atoms with Gasteiger partial charge < -0.3 is 8.92 Å². The normalized spacial score (nSPS) is 11.5. The minimum atomic E-state index is -5.76. The smallest absolute Gasteiger partial charge is 0.492 e. The molecule has 126 valence electrons. The fourth-order valence-electron chi connectivity index (χ4n) is 1.80. The van der Waals surface area contributed by atoms with E-state index in [0.29, 0.717) is 11.1 Å². The zero-order valence-electron chi connectivity index (χ0n) is 11.7. The van der Waals surface area contributed by atoms with Crippen LogP contribution in [0.5, 0.6) is 11.5 Å². The van der Waals surface area contributed by atoms with Crippen LogP contribution in [-0.4, -0.2) is 21.0 Å². The minimum absolute atomic E-state index is 0. The first-order valence-electron chi connectivity index (χ1n) is 5.99. The van der Waals surface area contributed by atoms with Gasteiger partial charge in [0.2, 0.25) is 0 Å². The molecule has 4 nitrogen and oxygen atoms in total. The van der Waals surface area contributed by atoms with Crippen molar-refractivity contribution in [1.29, 1.82) is 0 Å². The largest absolute Gasteiger partial charge is 0.534 e. The molecule has 0 aliphatic rings. The van der Waals surface area contributed by atoms with Crippen molar-refractivity contribution in [3.63, 3.8) is 0 Å². The molecular formula is C14H12ClF3O4S. The Morgan fingerprint density at radius 2 is 1.57 bits per heavy atom. The van der Waals surface area contributed by atoms with Crippen LogP contribution in [0.3, 0.4) is 0 Å². The summed E-state index contributed by atoms with van der Waals surface area (Å²) in [4.78, 5) is 0. The molecule has 9 heteroatoms. The number of rotatable bonds is 4. The summed E-state index contributed by atoms with van der Waals surface area (Å²) >= 11 is 0. The van der Waals surface area contributed by atoms with Crippen molar-refractivity contribution in [2.24, 2.45) is 0 Å². The van der Waals surface area contributed by atoms with E-state index < -0.39 is 21.4 Å². The molecule has 23 heavy (non-hydrogen) atoms. The van der Waals surface area contributed by atoms with E-state index in [0.717, 1.165) is 6.07 Å². The van der Waals surface area contributed by atoms with Gasteiger partial charge in [0, 0.05) is 5.56 Å². The molecule has 0 atom stereocenters. The van der Waals surface area contributed by atoms with Crippen LogP contribution in [-0.2, 0) is 10.1 Å². The highest BCUT2D eigenvalue weighted by Gasteiger charge is 2.49. The lowest BCUT2D eigenvalue weighted by molar-refractivity contribution is -0.0500. The van der Waals surface area contributed by atoms with Crippen molar-refractivity contribution in [3.8, 4) is 22.6 Å². The van der Waals surface area contributed by atoms with Gasteiger partial charge in [0.1, 0.15) is 0 Å². The summed E-state index contributed by atoms with van der Waals surface area (Å²) in [5.41, 5.74) is -4.45. The van der Waals surface area contributed by atoms with Gasteiger partial charge in [0.25, 0.3) is 0 Å². The van der Waals surface area contributed by atoms with Crippen molar-refractivity contribution >= 4 is 22.5 Å². The van der Waals surface area contributed by atoms with Gasteiger partial charge in [0.05, 0.1) is 7.11 Å². The maximum atomic E-state index is 12.4. The van der Waals surface area contributed by atoms with E-state index in [2.05, 4.69) is 4.18 Å². The van der Waals surface area contributed by atoms with Gasteiger partial charge >= 0.3 is 15.6 Å². The van der Waals surface area contributed by atoms with Crippen LogP contribution in [0.2, 0.25) is 0 Å². The minimum Gasteiger partial charge on any atom is -0.492 e. The molecule has 2 rings (SSSR count). The molecule has 2 aromatic carbocycles. The SMILES string of the molecule is COc1c(OS(=O)(=O)C(F)(F)F)cccc1-c1ccccc1.Cl. The lowest BCUT2D eigenvalue weighted by Gasteiger charge is -2.15. The fourth-order valence-corrected chi connectivity index (χ4v) is 2.26. The molecule has 0 aliphatic heterocycles. The first-order chi connectivity index (χ1) is 10.3. The molecule has 0 saturated carbocycles. The number of halogens is 4. The molecule has 0 amide bonds. The summed E-state index contributed by atoms with van der Waals surface area (Å²) in [6.45, 7) is 0. The van der Waals surface area contributed by atoms with Crippen LogP contribution in [0.4, 0.5) is 13.2 Å². The van der Waals surface area contributed by atoms with E-state index in [9.17, 15) is 21.6 Å². The van der Waals surface area contributed by atoms with Gasteiger partial charge in [-0.1, -0.05) is 42.5 Å². The van der Waals surface area contributed by atoms with Gasteiger partial charge in [-0.05, 0) is 11.6 Å². The first kappa shape index (κ1) is 19.1. The summed E-state index contributed by atoms with van der Waals surface area (Å²) in [5.74, 6) is -0.622. The van der Waals surface area contributed by atoms with Crippen molar-refractivity contribution in [3.05, 3.63) is 48.5 Å². The molecule has 0 unspecified atom stereocenters. The Labute approximate surface area is 137 Å². The van der Waals surface area contributed by atoms with E-state index in [4.69, 9.17) is 4.74 Å². The zero-order chi connectivity index (χ0) is 16.4.